The number of Topliss-reactive ketones (excluding diaryl/α,β-unsaturated/α-hetero) is 1. The number of thioether (sulfide) groups is 1. The Kier molecular flexibility index (Phi) is 4.86. The number of ketones is 1. The predicted octanol–water partition coefficient (Wildman–Crippen LogP) is 5.03. The number of benzene rings is 1. The van der Waals surface area contributed by atoms with Crippen molar-refractivity contribution in [3.05, 3.63) is 47.2 Å². The number of rotatable bonds is 4. The van der Waals surface area contributed by atoms with E-state index in [0.717, 1.165) is 28.1 Å². The molecule has 1 N–H and O–H groups in total. The van der Waals surface area contributed by atoms with Crippen LogP contribution in [-0.4, -0.2) is 26.3 Å². The van der Waals surface area contributed by atoms with Crippen LogP contribution in [0.3, 0.4) is 0 Å². The lowest BCUT2D eigenvalue weighted by Crippen LogP contribution is -2.42. The van der Waals surface area contributed by atoms with E-state index < -0.39 is 0 Å². The van der Waals surface area contributed by atoms with E-state index in [4.69, 9.17) is 5.10 Å². The van der Waals surface area contributed by atoms with E-state index in [1.807, 2.05) is 4.68 Å². The van der Waals surface area contributed by atoms with Gasteiger partial charge in [-0.15, -0.1) is 5.10 Å². The summed E-state index contributed by atoms with van der Waals surface area (Å²) in [7, 11) is 0. The Morgan fingerprint density at radius 3 is 2.64 bits per heavy atom. The van der Waals surface area contributed by atoms with E-state index in [1.165, 1.54) is 5.56 Å². The van der Waals surface area contributed by atoms with Crippen LogP contribution in [0.25, 0.3) is 0 Å². The summed E-state index contributed by atoms with van der Waals surface area (Å²) < 4.78 is 1.92. The van der Waals surface area contributed by atoms with Gasteiger partial charge in [0.15, 0.2) is 0 Å². The first kappa shape index (κ1) is 19.2. The van der Waals surface area contributed by atoms with E-state index >= 15 is 0 Å². The summed E-state index contributed by atoms with van der Waals surface area (Å²) >= 11 is 1.62. The number of anilines is 1. The van der Waals surface area contributed by atoms with Crippen molar-refractivity contribution >= 4 is 23.5 Å². The van der Waals surface area contributed by atoms with Crippen LogP contribution < -0.4 is 5.32 Å². The molecule has 0 fully saturated rings. The molecular weight excluding hydrogens is 368 g/mol. The van der Waals surface area contributed by atoms with Crippen molar-refractivity contribution in [1.29, 1.82) is 0 Å². The third kappa shape index (κ3) is 3.39. The number of carbonyl (C=O) groups is 1. The van der Waals surface area contributed by atoms with Crippen LogP contribution in [0.1, 0.15) is 64.1 Å². The molecule has 0 radical (unpaired) electrons. The molecule has 2 heterocycles. The molecule has 2 atom stereocenters. The molecule has 28 heavy (non-hydrogen) atoms. The van der Waals surface area contributed by atoms with Gasteiger partial charge in [0, 0.05) is 12.1 Å². The van der Waals surface area contributed by atoms with Gasteiger partial charge in [-0.25, -0.2) is 4.68 Å². The largest absolute Gasteiger partial charge is 0.328 e. The normalized spacial score (nSPS) is 23.1. The maximum Gasteiger partial charge on any atom is 0.227 e. The van der Waals surface area contributed by atoms with Crippen LogP contribution in [0, 0.1) is 11.3 Å². The molecule has 5 nitrogen and oxygen atoms in total. The van der Waals surface area contributed by atoms with E-state index in [9.17, 15) is 4.79 Å². The molecule has 0 amide bonds. The highest BCUT2D eigenvalue weighted by molar-refractivity contribution is 7.99. The molecule has 4 rings (SSSR count). The number of fused-ring (bicyclic) bond motifs is 2. The number of carbonyl (C=O) groups excluding carboxylic acids is 1. The topological polar surface area (TPSA) is 59.8 Å². The fraction of sp³-hybridized carbons (Fsp3) is 0.500. The van der Waals surface area contributed by atoms with Crippen molar-refractivity contribution in [2.75, 3.05) is 11.1 Å². The van der Waals surface area contributed by atoms with Crippen molar-refractivity contribution in [2.45, 2.75) is 58.2 Å². The van der Waals surface area contributed by atoms with Crippen LogP contribution in [-0.2, 0) is 4.79 Å². The summed E-state index contributed by atoms with van der Waals surface area (Å²) in [6, 6.07) is 8.47. The Morgan fingerprint density at radius 1 is 1.29 bits per heavy atom. The first-order valence-electron chi connectivity index (χ1n) is 10.0. The highest BCUT2D eigenvalue weighted by atomic mass is 32.2. The first-order valence-corrected chi connectivity index (χ1v) is 11.0. The molecule has 6 heteroatoms. The van der Waals surface area contributed by atoms with E-state index in [1.54, 1.807) is 11.8 Å². The van der Waals surface area contributed by atoms with Gasteiger partial charge in [0.05, 0.1) is 12.0 Å². The van der Waals surface area contributed by atoms with Crippen molar-refractivity contribution < 1.29 is 4.79 Å². The Labute approximate surface area is 171 Å². The lowest BCUT2D eigenvalue weighted by Gasteiger charge is -2.40. The van der Waals surface area contributed by atoms with E-state index in [2.05, 4.69) is 75.3 Å². The molecular formula is C22H28N4OS. The van der Waals surface area contributed by atoms with Gasteiger partial charge in [0.1, 0.15) is 5.78 Å². The zero-order valence-electron chi connectivity index (χ0n) is 17.2. The van der Waals surface area contributed by atoms with Gasteiger partial charge in [0.2, 0.25) is 11.1 Å². The summed E-state index contributed by atoms with van der Waals surface area (Å²) in [5, 5.41) is 8.90. The lowest BCUT2D eigenvalue weighted by molar-refractivity contribution is -0.125. The Morgan fingerprint density at radius 2 is 2.00 bits per heavy atom. The molecule has 1 aliphatic heterocycles. The highest BCUT2D eigenvalue weighted by Gasteiger charge is 2.45. The summed E-state index contributed by atoms with van der Waals surface area (Å²) in [5.41, 5.74) is 3.22. The molecule has 0 spiro atoms. The minimum atomic E-state index is -0.244. The number of hydrogen-bond donors (Lipinski definition) is 1. The maximum atomic E-state index is 13.2. The van der Waals surface area contributed by atoms with Gasteiger partial charge in [-0.2, -0.15) is 4.98 Å². The van der Waals surface area contributed by atoms with Gasteiger partial charge < -0.3 is 5.32 Å². The molecule has 2 aliphatic rings. The average molecular weight is 397 g/mol. The Hall–Kier alpha value is -2.08. The predicted molar refractivity (Wildman–Crippen MR) is 114 cm³/mol. The molecule has 148 valence electrons. The van der Waals surface area contributed by atoms with Crippen molar-refractivity contribution in [3.63, 3.8) is 0 Å². The average Bonchev–Trinajstić information content (AvgIpc) is 3.01. The number of nitrogens with zero attached hydrogens (tertiary/aromatic N) is 3. The van der Waals surface area contributed by atoms with Gasteiger partial charge >= 0.3 is 0 Å². The Bertz CT molecular complexity index is 927. The molecule has 0 saturated carbocycles. The summed E-state index contributed by atoms with van der Waals surface area (Å²) in [6.07, 6.45) is 2.75. The van der Waals surface area contributed by atoms with Gasteiger partial charge in [0.25, 0.3) is 0 Å². The summed E-state index contributed by atoms with van der Waals surface area (Å²) in [6.45, 7) is 10.7. The van der Waals surface area contributed by atoms with Crippen LogP contribution in [0.2, 0.25) is 0 Å². The highest BCUT2D eigenvalue weighted by Crippen LogP contribution is 2.45. The fourth-order valence-corrected chi connectivity index (χ4v) is 4.76. The van der Waals surface area contributed by atoms with Crippen LogP contribution >= 0.6 is 11.8 Å². The number of aromatic nitrogens is 3. The molecule has 1 aromatic carbocycles. The second-order valence-electron chi connectivity index (χ2n) is 8.70. The SMILES string of the molecule is CCSc1nc2n(n1)[C@@H](c1ccc(C(C)C)cc1)[C@@H]1C(=O)CC(C)(C)C=C1N2. The minimum Gasteiger partial charge on any atom is -0.328 e. The minimum absolute atomic E-state index is 0.148. The van der Waals surface area contributed by atoms with Crippen LogP contribution in [0.15, 0.2) is 41.2 Å². The van der Waals surface area contributed by atoms with E-state index in [-0.39, 0.29) is 23.2 Å². The number of allylic oxidation sites excluding steroid dienone is 2. The summed E-state index contributed by atoms with van der Waals surface area (Å²) in [4.78, 5) is 17.9. The third-order valence-corrected chi connectivity index (χ3v) is 6.24. The molecule has 2 aromatic rings. The van der Waals surface area contributed by atoms with Crippen molar-refractivity contribution in [3.8, 4) is 0 Å². The number of hydrogen-bond acceptors (Lipinski definition) is 5. The Balaban J connectivity index is 1.84. The first-order chi connectivity index (χ1) is 13.3. The lowest BCUT2D eigenvalue weighted by atomic mass is 9.72. The quantitative estimate of drug-likeness (QED) is 0.735. The second kappa shape index (κ2) is 7.07. The molecule has 0 saturated heterocycles. The maximum absolute atomic E-state index is 13.2. The fourth-order valence-electron chi connectivity index (χ4n) is 4.21. The molecule has 0 bridgehead atoms. The van der Waals surface area contributed by atoms with Gasteiger partial charge in [-0.05, 0) is 28.2 Å². The smallest absolute Gasteiger partial charge is 0.227 e. The second-order valence-corrected chi connectivity index (χ2v) is 9.93. The zero-order valence-corrected chi connectivity index (χ0v) is 18.0. The van der Waals surface area contributed by atoms with E-state index in [0.29, 0.717) is 12.3 Å². The van der Waals surface area contributed by atoms with Crippen LogP contribution in [0.4, 0.5) is 5.95 Å². The van der Waals surface area contributed by atoms with Crippen LogP contribution in [0.5, 0.6) is 0 Å². The van der Waals surface area contributed by atoms with Gasteiger partial charge in [-0.3, -0.25) is 4.79 Å². The number of nitrogens with one attached hydrogen (secondary N) is 1. The third-order valence-electron chi connectivity index (χ3n) is 5.52. The molecule has 1 aromatic heterocycles. The summed E-state index contributed by atoms with van der Waals surface area (Å²) in [5.74, 6) is 2.13. The molecule has 1 aliphatic carbocycles. The molecule has 0 unspecified atom stereocenters. The van der Waals surface area contributed by atoms with Crippen molar-refractivity contribution in [2.24, 2.45) is 11.3 Å². The van der Waals surface area contributed by atoms with Gasteiger partial charge in [-0.1, -0.05) is 76.7 Å². The standard InChI is InChI=1S/C22H28N4OS/c1-6-28-21-24-20-23-16-11-22(4,5)12-17(27)18(16)19(26(20)25-21)15-9-7-14(8-10-15)13(2)3/h7-11,13,18-19H,6,12H2,1-5H3,(H,23,24,25)/t18-,19-/m0/s1. The monoisotopic (exact) mass is 396 g/mol. The zero-order chi connectivity index (χ0) is 20.1. The van der Waals surface area contributed by atoms with Crippen molar-refractivity contribution in [1.82, 2.24) is 14.8 Å².